The summed E-state index contributed by atoms with van der Waals surface area (Å²) in [5, 5.41) is 13.8. The van der Waals surface area contributed by atoms with Crippen LogP contribution in [0.5, 0.6) is 5.75 Å². The summed E-state index contributed by atoms with van der Waals surface area (Å²) in [6.07, 6.45) is 0. The van der Waals surface area contributed by atoms with E-state index < -0.39 is 0 Å². The first kappa shape index (κ1) is 16.8. The van der Waals surface area contributed by atoms with E-state index >= 15 is 0 Å². The van der Waals surface area contributed by atoms with Gasteiger partial charge in [0.05, 0.1) is 21.3 Å². The molecule has 4 aromatic rings. The van der Waals surface area contributed by atoms with Gasteiger partial charge in [0.15, 0.2) is 0 Å². The monoisotopic (exact) mass is 424 g/mol. The molecule has 26 heavy (non-hydrogen) atoms. The number of anilines is 1. The van der Waals surface area contributed by atoms with E-state index in [4.69, 9.17) is 0 Å². The second kappa shape index (κ2) is 6.90. The van der Waals surface area contributed by atoms with Crippen LogP contribution in [0.15, 0.2) is 71.2 Å². The molecule has 0 aliphatic rings. The SMILES string of the molecule is O=C(Nc1ccc(O)c(-c2nc3ccccc3s2)c1)c1ccccc1Br. The number of benzene rings is 3. The average Bonchev–Trinajstić information content (AvgIpc) is 3.07. The van der Waals surface area contributed by atoms with Gasteiger partial charge in [-0.05, 0) is 58.4 Å². The number of phenolic OH excluding ortho intramolecular Hbond substituents is 1. The summed E-state index contributed by atoms with van der Waals surface area (Å²) >= 11 is 4.88. The molecule has 0 aliphatic carbocycles. The largest absolute Gasteiger partial charge is 0.507 e. The summed E-state index contributed by atoms with van der Waals surface area (Å²) in [4.78, 5) is 17.1. The second-order valence-electron chi connectivity index (χ2n) is 5.65. The molecule has 3 aromatic carbocycles. The van der Waals surface area contributed by atoms with Gasteiger partial charge in [0.1, 0.15) is 10.8 Å². The van der Waals surface area contributed by atoms with Crippen LogP contribution in [-0.2, 0) is 0 Å². The van der Waals surface area contributed by atoms with Crippen LogP contribution in [0, 0.1) is 0 Å². The Balaban J connectivity index is 1.68. The average molecular weight is 425 g/mol. The minimum Gasteiger partial charge on any atom is -0.507 e. The third-order valence-corrected chi connectivity index (χ3v) is 5.66. The Labute approximate surface area is 162 Å². The smallest absolute Gasteiger partial charge is 0.256 e. The lowest BCUT2D eigenvalue weighted by Gasteiger charge is -2.09. The van der Waals surface area contributed by atoms with Gasteiger partial charge in [-0.3, -0.25) is 4.79 Å². The van der Waals surface area contributed by atoms with Crippen molar-refractivity contribution in [3.8, 4) is 16.3 Å². The number of hydrogen-bond donors (Lipinski definition) is 2. The number of amides is 1. The summed E-state index contributed by atoms with van der Waals surface area (Å²) in [5.41, 5.74) is 2.62. The number of aromatic hydroxyl groups is 1. The summed E-state index contributed by atoms with van der Waals surface area (Å²) in [7, 11) is 0. The van der Waals surface area contributed by atoms with Gasteiger partial charge >= 0.3 is 0 Å². The molecule has 4 rings (SSSR count). The Bertz CT molecular complexity index is 1090. The Kier molecular flexibility index (Phi) is 4.44. The van der Waals surface area contributed by atoms with E-state index in [0.717, 1.165) is 14.7 Å². The molecule has 1 heterocycles. The Morgan fingerprint density at radius 1 is 1.04 bits per heavy atom. The number of carbonyl (C=O) groups is 1. The molecule has 0 fully saturated rings. The topological polar surface area (TPSA) is 62.2 Å². The molecule has 0 spiro atoms. The van der Waals surface area contributed by atoms with Crippen molar-refractivity contribution in [1.29, 1.82) is 0 Å². The minimum atomic E-state index is -0.224. The van der Waals surface area contributed by atoms with Gasteiger partial charge in [0.25, 0.3) is 5.91 Å². The first-order valence-electron chi connectivity index (χ1n) is 7.86. The molecule has 0 saturated carbocycles. The van der Waals surface area contributed by atoms with E-state index in [-0.39, 0.29) is 11.7 Å². The van der Waals surface area contributed by atoms with Crippen molar-refractivity contribution in [2.24, 2.45) is 0 Å². The van der Waals surface area contributed by atoms with Crippen molar-refractivity contribution in [2.75, 3.05) is 5.32 Å². The van der Waals surface area contributed by atoms with E-state index in [1.165, 1.54) is 11.3 Å². The lowest BCUT2D eigenvalue weighted by Crippen LogP contribution is -2.12. The molecule has 0 radical (unpaired) electrons. The van der Waals surface area contributed by atoms with Crippen LogP contribution < -0.4 is 5.32 Å². The van der Waals surface area contributed by atoms with E-state index in [1.807, 2.05) is 42.5 Å². The normalized spacial score (nSPS) is 10.8. The second-order valence-corrected chi connectivity index (χ2v) is 7.54. The van der Waals surface area contributed by atoms with Gasteiger partial charge in [0, 0.05) is 10.2 Å². The highest BCUT2D eigenvalue weighted by Gasteiger charge is 2.14. The molecular weight excluding hydrogens is 412 g/mol. The van der Waals surface area contributed by atoms with Crippen LogP contribution in [0.3, 0.4) is 0 Å². The van der Waals surface area contributed by atoms with Crippen LogP contribution in [0.1, 0.15) is 10.4 Å². The lowest BCUT2D eigenvalue weighted by atomic mass is 10.1. The molecule has 0 unspecified atom stereocenters. The van der Waals surface area contributed by atoms with Gasteiger partial charge in [-0.25, -0.2) is 4.98 Å². The number of halogens is 1. The summed E-state index contributed by atoms with van der Waals surface area (Å²) in [6.45, 7) is 0. The van der Waals surface area contributed by atoms with Crippen molar-refractivity contribution in [1.82, 2.24) is 4.98 Å². The van der Waals surface area contributed by atoms with Crippen LogP contribution in [0.2, 0.25) is 0 Å². The first-order chi connectivity index (χ1) is 12.6. The predicted molar refractivity (Wildman–Crippen MR) is 109 cm³/mol. The third kappa shape index (κ3) is 3.21. The van der Waals surface area contributed by atoms with Crippen LogP contribution in [0.25, 0.3) is 20.8 Å². The van der Waals surface area contributed by atoms with Gasteiger partial charge in [-0.2, -0.15) is 0 Å². The summed E-state index contributed by atoms with van der Waals surface area (Å²) < 4.78 is 1.77. The molecule has 2 N–H and O–H groups in total. The van der Waals surface area contributed by atoms with E-state index in [1.54, 1.807) is 24.3 Å². The van der Waals surface area contributed by atoms with E-state index in [2.05, 4.69) is 26.2 Å². The van der Waals surface area contributed by atoms with Crippen LogP contribution in [0.4, 0.5) is 5.69 Å². The predicted octanol–water partition coefficient (Wildman–Crippen LogP) is 5.68. The molecule has 0 atom stereocenters. The number of thiazole rings is 1. The van der Waals surface area contributed by atoms with Gasteiger partial charge in [0.2, 0.25) is 0 Å². The molecule has 0 saturated heterocycles. The zero-order valence-corrected chi connectivity index (χ0v) is 15.8. The van der Waals surface area contributed by atoms with Crippen molar-refractivity contribution in [2.45, 2.75) is 0 Å². The van der Waals surface area contributed by atoms with Gasteiger partial charge in [-0.1, -0.05) is 24.3 Å². The summed E-state index contributed by atoms with van der Waals surface area (Å²) in [5.74, 6) is -0.0960. The Hall–Kier alpha value is -2.70. The zero-order chi connectivity index (χ0) is 18.1. The molecule has 1 amide bonds. The molecule has 4 nitrogen and oxygen atoms in total. The molecule has 6 heteroatoms. The number of rotatable bonds is 3. The van der Waals surface area contributed by atoms with Crippen molar-refractivity contribution < 1.29 is 9.90 Å². The number of nitrogens with zero attached hydrogens (tertiary/aromatic N) is 1. The summed E-state index contributed by atoms with van der Waals surface area (Å²) in [6, 6.07) is 20.0. The highest BCUT2D eigenvalue weighted by atomic mass is 79.9. The fraction of sp³-hybridized carbons (Fsp3) is 0. The third-order valence-electron chi connectivity index (χ3n) is 3.90. The maximum atomic E-state index is 12.5. The number of para-hydroxylation sites is 1. The number of hydrogen-bond acceptors (Lipinski definition) is 4. The minimum absolute atomic E-state index is 0.128. The lowest BCUT2D eigenvalue weighted by molar-refractivity contribution is 0.102. The first-order valence-corrected chi connectivity index (χ1v) is 9.47. The molecule has 0 bridgehead atoms. The Morgan fingerprint density at radius 3 is 2.62 bits per heavy atom. The number of fused-ring (bicyclic) bond motifs is 1. The Morgan fingerprint density at radius 2 is 1.81 bits per heavy atom. The quantitative estimate of drug-likeness (QED) is 0.415. The molecule has 0 aliphatic heterocycles. The fourth-order valence-corrected chi connectivity index (χ4v) is 4.07. The number of aromatic nitrogens is 1. The van der Waals surface area contributed by atoms with E-state index in [0.29, 0.717) is 21.8 Å². The molecule has 128 valence electrons. The molecular formula is C20H13BrN2O2S. The van der Waals surface area contributed by atoms with E-state index in [9.17, 15) is 9.90 Å². The molecule has 1 aromatic heterocycles. The van der Waals surface area contributed by atoms with Crippen molar-refractivity contribution in [3.05, 3.63) is 76.8 Å². The maximum absolute atomic E-state index is 12.5. The van der Waals surface area contributed by atoms with Crippen LogP contribution in [-0.4, -0.2) is 16.0 Å². The highest BCUT2D eigenvalue weighted by molar-refractivity contribution is 9.10. The van der Waals surface area contributed by atoms with Crippen molar-refractivity contribution >= 4 is 49.1 Å². The van der Waals surface area contributed by atoms with Gasteiger partial charge < -0.3 is 10.4 Å². The van der Waals surface area contributed by atoms with Crippen LogP contribution >= 0.6 is 27.3 Å². The van der Waals surface area contributed by atoms with Gasteiger partial charge in [-0.15, -0.1) is 11.3 Å². The fourth-order valence-electron chi connectivity index (χ4n) is 2.62. The van der Waals surface area contributed by atoms with Crippen molar-refractivity contribution in [3.63, 3.8) is 0 Å². The standard InChI is InChI=1S/C20H13BrN2O2S/c21-15-6-2-1-5-13(15)19(25)22-12-9-10-17(24)14(11-12)20-23-16-7-3-4-8-18(16)26-20/h1-11,24H,(H,22,25). The number of nitrogens with one attached hydrogen (secondary N) is 1. The maximum Gasteiger partial charge on any atom is 0.256 e. The highest BCUT2D eigenvalue weighted by Crippen LogP contribution is 2.36. The number of phenols is 1. The zero-order valence-electron chi connectivity index (χ0n) is 13.4. The number of carbonyl (C=O) groups excluding carboxylic acids is 1.